The number of rotatable bonds is 4. The van der Waals surface area contributed by atoms with E-state index >= 15 is 0 Å². The first-order valence-electron chi connectivity index (χ1n) is 6.50. The normalized spacial score (nSPS) is 15.0. The maximum absolute atomic E-state index is 12.7. The molecule has 132 valence electrons. The van der Waals surface area contributed by atoms with Gasteiger partial charge in [-0.25, -0.2) is 8.42 Å². The molecule has 1 saturated carbocycles. The minimum Gasteiger partial charge on any atom is -0.345 e. The van der Waals surface area contributed by atoms with Gasteiger partial charge in [0.15, 0.2) is 0 Å². The highest BCUT2D eigenvalue weighted by molar-refractivity contribution is 7.89. The molecule has 2 amide bonds. The van der Waals surface area contributed by atoms with Crippen LogP contribution in [0.1, 0.15) is 18.4 Å². The Hall–Kier alpha value is -1.85. The summed E-state index contributed by atoms with van der Waals surface area (Å²) in [4.78, 5) is 23.4. The van der Waals surface area contributed by atoms with Crippen LogP contribution in [0.2, 0.25) is 5.02 Å². The second kappa shape index (κ2) is 6.57. The maximum Gasteiger partial charge on any atom is 0.416 e. The zero-order valence-corrected chi connectivity index (χ0v) is 13.3. The first-order valence-corrected chi connectivity index (χ1v) is 8.36. The van der Waals surface area contributed by atoms with Crippen molar-refractivity contribution in [1.29, 1.82) is 0 Å². The second-order valence-electron chi connectivity index (χ2n) is 4.95. The van der Waals surface area contributed by atoms with Crippen molar-refractivity contribution in [3.63, 3.8) is 0 Å². The zero-order chi connectivity index (χ0) is 18.1. The number of carbonyl (C=O) groups is 2. The predicted molar refractivity (Wildman–Crippen MR) is 76.1 cm³/mol. The van der Waals surface area contributed by atoms with Crippen LogP contribution in [0.4, 0.5) is 13.2 Å². The van der Waals surface area contributed by atoms with Crippen LogP contribution in [-0.4, -0.2) is 26.3 Å². The van der Waals surface area contributed by atoms with Crippen molar-refractivity contribution < 1.29 is 31.2 Å². The van der Waals surface area contributed by atoms with Gasteiger partial charge in [-0.1, -0.05) is 11.6 Å². The van der Waals surface area contributed by atoms with E-state index in [1.807, 2.05) is 0 Å². The number of sulfonamides is 1. The van der Waals surface area contributed by atoms with Gasteiger partial charge in [0.2, 0.25) is 0 Å². The van der Waals surface area contributed by atoms with Gasteiger partial charge in [0.05, 0.1) is 10.6 Å². The van der Waals surface area contributed by atoms with Crippen LogP contribution in [-0.2, 0) is 25.8 Å². The topological polar surface area (TPSA) is 104 Å². The van der Waals surface area contributed by atoms with E-state index in [2.05, 4.69) is 5.32 Å². The molecule has 0 bridgehead atoms. The summed E-state index contributed by atoms with van der Waals surface area (Å²) in [6.07, 6.45) is -3.35. The summed E-state index contributed by atoms with van der Waals surface area (Å²) < 4.78 is 61.9. The number of carbonyl (C=O) groups excluding carboxylic acids is 2. The van der Waals surface area contributed by atoms with E-state index in [9.17, 15) is 31.2 Å². The molecular weight excluding hydrogens is 375 g/mol. The molecule has 0 spiro atoms. The van der Waals surface area contributed by atoms with Gasteiger partial charge in [0.1, 0.15) is 4.90 Å². The SMILES string of the molecule is O=C(NNS(=O)(=O)c1cc(C(F)(F)F)ccc1Cl)C(=O)NC1CC1. The zero-order valence-electron chi connectivity index (χ0n) is 11.8. The van der Waals surface area contributed by atoms with Gasteiger partial charge in [-0.15, -0.1) is 4.83 Å². The number of nitrogens with one attached hydrogen (secondary N) is 3. The molecule has 0 heterocycles. The third kappa shape index (κ3) is 4.58. The number of benzene rings is 1. The Morgan fingerprint density at radius 2 is 1.79 bits per heavy atom. The minimum absolute atomic E-state index is 0.127. The summed E-state index contributed by atoms with van der Waals surface area (Å²) in [6, 6.07) is 1.57. The molecule has 1 fully saturated rings. The Kier molecular flexibility index (Phi) is 5.06. The molecule has 3 N–H and O–H groups in total. The van der Waals surface area contributed by atoms with Crippen LogP contribution in [0.15, 0.2) is 23.1 Å². The molecule has 2 rings (SSSR count). The van der Waals surface area contributed by atoms with Crippen LogP contribution in [0.25, 0.3) is 0 Å². The summed E-state index contributed by atoms with van der Waals surface area (Å²) in [6.45, 7) is 0. The second-order valence-corrected chi connectivity index (χ2v) is 7.01. The molecule has 1 aliphatic carbocycles. The van der Waals surface area contributed by atoms with Gasteiger partial charge in [-0.3, -0.25) is 15.0 Å². The monoisotopic (exact) mass is 385 g/mol. The van der Waals surface area contributed by atoms with E-state index in [4.69, 9.17) is 11.6 Å². The average Bonchev–Trinajstić information content (AvgIpc) is 3.27. The van der Waals surface area contributed by atoms with Crippen molar-refractivity contribution in [2.24, 2.45) is 0 Å². The van der Waals surface area contributed by atoms with Crippen molar-refractivity contribution in [1.82, 2.24) is 15.6 Å². The third-order valence-electron chi connectivity index (χ3n) is 2.97. The molecule has 1 aromatic rings. The molecule has 0 aliphatic heterocycles. The predicted octanol–water partition coefficient (Wildman–Crippen LogP) is 0.947. The molecule has 24 heavy (non-hydrogen) atoms. The minimum atomic E-state index is -4.78. The van der Waals surface area contributed by atoms with Crippen molar-refractivity contribution in [2.45, 2.75) is 30.0 Å². The van der Waals surface area contributed by atoms with E-state index in [0.29, 0.717) is 25.0 Å². The molecule has 0 aromatic heterocycles. The molecule has 12 heteroatoms. The number of halogens is 4. The van der Waals surface area contributed by atoms with Crippen LogP contribution in [0.5, 0.6) is 0 Å². The fraction of sp³-hybridized carbons (Fsp3) is 0.333. The quantitative estimate of drug-likeness (QED) is 0.530. The van der Waals surface area contributed by atoms with E-state index in [1.165, 1.54) is 4.83 Å². The van der Waals surface area contributed by atoms with Crippen molar-refractivity contribution in [3.8, 4) is 0 Å². The summed E-state index contributed by atoms with van der Waals surface area (Å²) in [5, 5.41) is 1.83. The van der Waals surface area contributed by atoms with Gasteiger partial charge >= 0.3 is 18.0 Å². The number of hydrazine groups is 1. The Morgan fingerprint density at radius 3 is 2.33 bits per heavy atom. The summed E-state index contributed by atoms with van der Waals surface area (Å²) in [5.74, 6) is -2.36. The van der Waals surface area contributed by atoms with E-state index in [1.54, 1.807) is 5.43 Å². The largest absolute Gasteiger partial charge is 0.416 e. The van der Waals surface area contributed by atoms with Crippen LogP contribution in [0, 0.1) is 0 Å². The average molecular weight is 386 g/mol. The van der Waals surface area contributed by atoms with E-state index in [0.717, 1.165) is 6.07 Å². The third-order valence-corrected chi connectivity index (χ3v) is 4.69. The molecule has 7 nitrogen and oxygen atoms in total. The first-order chi connectivity index (χ1) is 11.0. The molecule has 1 aliphatic rings. The van der Waals surface area contributed by atoms with Gasteiger partial charge in [0, 0.05) is 6.04 Å². The Labute approximate surface area is 139 Å². The molecule has 0 atom stereocenters. The Morgan fingerprint density at radius 1 is 1.17 bits per heavy atom. The van der Waals surface area contributed by atoms with Gasteiger partial charge < -0.3 is 5.32 Å². The molecule has 1 aromatic carbocycles. The van der Waals surface area contributed by atoms with Crippen LogP contribution in [0.3, 0.4) is 0 Å². The maximum atomic E-state index is 12.7. The molecule has 0 saturated heterocycles. The highest BCUT2D eigenvalue weighted by atomic mass is 35.5. The van der Waals surface area contributed by atoms with Crippen molar-refractivity contribution in [3.05, 3.63) is 28.8 Å². The molecule has 0 radical (unpaired) electrons. The number of hydrogen-bond acceptors (Lipinski definition) is 4. The summed E-state index contributed by atoms with van der Waals surface area (Å²) >= 11 is 5.61. The summed E-state index contributed by atoms with van der Waals surface area (Å²) in [5.41, 5.74) is 0.380. The lowest BCUT2D eigenvalue weighted by Crippen LogP contribution is -2.48. The fourth-order valence-corrected chi connectivity index (χ4v) is 2.96. The Bertz CT molecular complexity index is 778. The highest BCUT2D eigenvalue weighted by Gasteiger charge is 2.33. The first kappa shape index (κ1) is 18.5. The number of alkyl halides is 3. The fourth-order valence-electron chi connectivity index (χ4n) is 1.59. The number of amides is 2. The van der Waals surface area contributed by atoms with Gasteiger partial charge in [-0.2, -0.15) is 13.2 Å². The lowest BCUT2D eigenvalue weighted by Gasteiger charge is -2.12. The number of hydrogen-bond donors (Lipinski definition) is 3. The van der Waals surface area contributed by atoms with Crippen LogP contribution < -0.4 is 15.6 Å². The van der Waals surface area contributed by atoms with E-state index < -0.39 is 43.5 Å². The van der Waals surface area contributed by atoms with Crippen LogP contribution >= 0.6 is 11.6 Å². The highest BCUT2D eigenvalue weighted by Crippen LogP contribution is 2.33. The van der Waals surface area contributed by atoms with Crippen molar-refractivity contribution >= 4 is 33.4 Å². The van der Waals surface area contributed by atoms with Crippen molar-refractivity contribution in [2.75, 3.05) is 0 Å². The molecule has 0 unspecified atom stereocenters. The smallest absolute Gasteiger partial charge is 0.345 e. The summed E-state index contributed by atoms with van der Waals surface area (Å²) in [7, 11) is -4.61. The lowest BCUT2D eigenvalue weighted by atomic mass is 10.2. The lowest BCUT2D eigenvalue weighted by molar-refractivity contribution is -0.139. The molecular formula is C12H11ClF3N3O4S. The standard InChI is InChI=1S/C12H11ClF3N3O4S/c13-8-4-1-6(12(14,15)16)5-9(8)24(22,23)19-18-11(21)10(20)17-7-2-3-7/h1,4-5,7,19H,2-3H2,(H,17,20)(H,18,21). The van der Waals surface area contributed by atoms with Gasteiger partial charge in [0.25, 0.3) is 10.0 Å². The Balaban J connectivity index is 2.12. The van der Waals surface area contributed by atoms with Gasteiger partial charge in [-0.05, 0) is 31.0 Å². The van der Waals surface area contributed by atoms with E-state index in [-0.39, 0.29) is 6.04 Å².